The molecule has 1 aromatic carbocycles. The molecule has 1 aliphatic carbocycles. The minimum atomic E-state index is -1.26. The molecule has 0 aliphatic heterocycles. The van der Waals surface area contributed by atoms with Gasteiger partial charge in [0.05, 0.1) is 23.4 Å². The number of carboxylic acids is 2. The smallest absolute Gasteiger partial charge is 0.328 e. The fraction of sp³-hybridized carbons (Fsp3) is 0.235. The third-order valence-corrected chi connectivity index (χ3v) is 3.68. The van der Waals surface area contributed by atoms with Crippen LogP contribution in [0.2, 0.25) is 0 Å². The molecule has 0 fully saturated rings. The van der Waals surface area contributed by atoms with Crippen molar-refractivity contribution in [2.24, 2.45) is 0 Å². The molecule has 1 aliphatic rings. The van der Waals surface area contributed by atoms with Crippen molar-refractivity contribution in [1.29, 1.82) is 0 Å². The maximum atomic E-state index is 9.99. The minimum absolute atomic E-state index is 0.331. The molecule has 0 spiro atoms. The van der Waals surface area contributed by atoms with Crippen LogP contribution in [0.4, 0.5) is 5.69 Å². The van der Waals surface area contributed by atoms with Crippen molar-refractivity contribution in [3.63, 3.8) is 0 Å². The van der Waals surface area contributed by atoms with Gasteiger partial charge in [0.1, 0.15) is 0 Å². The average molecular weight is 346 g/mol. The zero-order valence-corrected chi connectivity index (χ0v) is 13.2. The highest BCUT2D eigenvalue weighted by atomic mass is 16.4. The monoisotopic (exact) mass is 346 g/mol. The molecular weight excluding hydrogens is 328 g/mol. The van der Waals surface area contributed by atoms with E-state index in [2.05, 4.69) is 4.98 Å². The molecule has 0 saturated heterocycles. The average Bonchev–Trinajstić information content (AvgIpc) is 2.53. The molecule has 0 amide bonds. The van der Waals surface area contributed by atoms with Gasteiger partial charge in [0.25, 0.3) is 0 Å². The Morgan fingerprint density at radius 1 is 1.12 bits per heavy atom. The molecule has 8 heteroatoms. The second-order valence-corrected chi connectivity index (χ2v) is 5.52. The SMILES string of the molecule is Nc1c2c(nc3ccccc13)CC(O)CC2O.O=C(O)/C=C\C(=O)O. The van der Waals surface area contributed by atoms with E-state index in [1.165, 1.54) is 0 Å². The van der Waals surface area contributed by atoms with Gasteiger partial charge < -0.3 is 26.2 Å². The normalized spacial score (nSPS) is 19.1. The van der Waals surface area contributed by atoms with E-state index >= 15 is 0 Å². The van der Waals surface area contributed by atoms with Crippen molar-refractivity contribution >= 4 is 28.5 Å². The fourth-order valence-electron chi connectivity index (χ4n) is 2.66. The number of benzene rings is 1. The first kappa shape index (κ1) is 18.4. The number of carboxylic acid groups (broad SMARTS) is 2. The first-order valence-corrected chi connectivity index (χ1v) is 7.46. The van der Waals surface area contributed by atoms with E-state index in [9.17, 15) is 19.8 Å². The molecule has 1 aromatic heterocycles. The lowest BCUT2D eigenvalue weighted by molar-refractivity contribution is -0.134. The van der Waals surface area contributed by atoms with Crippen LogP contribution in [0, 0.1) is 0 Å². The fourth-order valence-corrected chi connectivity index (χ4v) is 2.66. The van der Waals surface area contributed by atoms with Crippen molar-refractivity contribution in [3.05, 3.63) is 47.7 Å². The number of pyridine rings is 1. The van der Waals surface area contributed by atoms with Crippen molar-refractivity contribution in [2.45, 2.75) is 25.0 Å². The van der Waals surface area contributed by atoms with Crippen LogP contribution in [0.5, 0.6) is 0 Å². The third-order valence-electron chi connectivity index (χ3n) is 3.68. The number of aliphatic carboxylic acids is 2. The second-order valence-electron chi connectivity index (χ2n) is 5.52. The highest BCUT2D eigenvalue weighted by Gasteiger charge is 2.28. The number of hydrogen-bond donors (Lipinski definition) is 5. The number of aliphatic hydroxyl groups is 2. The highest BCUT2D eigenvalue weighted by molar-refractivity contribution is 5.92. The number of aliphatic hydroxyl groups excluding tert-OH is 2. The van der Waals surface area contributed by atoms with Gasteiger partial charge in [0, 0.05) is 41.6 Å². The number of hydrogen-bond acceptors (Lipinski definition) is 6. The number of nitrogens with two attached hydrogens (primary N) is 1. The van der Waals surface area contributed by atoms with Gasteiger partial charge in [-0.05, 0) is 6.07 Å². The van der Waals surface area contributed by atoms with E-state index in [1.54, 1.807) is 0 Å². The summed E-state index contributed by atoms with van der Waals surface area (Å²) in [4.78, 5) is 23.6. The predicted octanol–water partition coefficient (Wildman–Crippen LogP) is 0.869. The lowest BCUT2D eigenvalue weighted by atomic mass is 9.89. The Morgan fingerprint density at radius 2 is 1.72 bits per heavy atom. The van der Waals surface area contributed by atoms with Gasteiger partial charge in [-0.2, -0.15) is 0 Å². The number of nitrogens with zero attached hydrogens (tertiary/aromatic N) is 1. The minimum Gasteiger partial charge on any atom is -0.478 e. The third kappa shape index (κ3) is 4.52. The van der Waals surface area contributed by atoms with E-state index in [4.69, 9.17) is 15.9 Å². The summed E-state index contributed by atoms with van der Waals surface area (Å²) >= 11 is 0. The summed E-state index contributed by atoms with van der Waals surface area (Å²) in [5.74, 6) is -2.51. The second kappa shape index (κ2) is 7.73. The Bertz CT molecular complexity index is 817. The summed E-state index contributed by atoms with van der Waals surface area (Å²) in [5, 5.41) is 36.1. The van der Waals surface area contributed by atoms with Crippen LogP contribution in [-0.2, 0) is 16.0 Å². The zero-order valence-electron chi connectivity index (χ0n) is 13.2. The number of nitrogen functional groups attached to an aromatic ring is 1. The maximum Gasteiger partial charge on any atom is 0.328 e. The van der Waals surface area contributed by atoms with Gasteiger partial charge >= 0.3 is 11.9 Å². The number of para-hydroxylation sites is 1. The molecular formula is C17H18N2O6. The van der Waals surface area contributed by atoms with E-state index in [-0.39, 0.29) is 0 Å². The molecule has 1 heterocycles. The Morgan fingerprint density at radius 3 is 2.32 bits per heavy atom. The van der Waals surface area contributed by atoms with Crippen LogP contribution >= 0.6 is 0 Å². The van der Waals surface area contributed by atoms with Crippen molar-refractivity contribution < 1.29 is 30.0 Å². The first-order chi connectivity index (χ1) is 11.8. The largest absolute Gasteiger partial charge is 0.478 e. The molecule has 2 aromatic rings. The van der Waals surface area contributed by atoms with Gasteiger partial charge in [-0.15, -0.1) is 0 Å². The van der Waals surface area contributed by atoms with Crippen LogP contribution in [-0.4, -0.2) is 43.5 Å². The van der Waals surface area contributed by atoms with Crippen LogP contribution in [0.15, 0.2) is 36.4 Å². The van der Waals surface area contributed by atoms with Crippen LogP contribution in [0.1, 0.15) is 23.8 Å². The number of aromatic nitrogens is 1. The van der Waals surface area contributed by atoms with Crippen LogP contribution in [0.3, 0.4) is 0 Å². The van der Waals surface area contributed by atoms with Crippen molar-refractivity contribution in [1.82, 2.24) is 4.98 Å². The molecule has 2 unspecified atom stereocenters. The van der Waals surface area contributed by atoms with Crippen LogP contribution < -0.4 is 5.73 Å². The summed E-state index contributed by atoms with van der Waals surface area (Å²) in [6, 6.07) is 7.59. The van der Waals surface area contributed by atoms with E-state index in [1.807, 2.05) is 24.3 Å². The maximum absolute atomic E-state index is 9.99. The van der Waals surface area contributed by atoms with Gasteiger partial charge in [0.2, 0.25) is 0 Å². The van der Waals surface area contributed by atoms with E-state index in [0.29, 0.717) is 41.9 Å². The molecule has 0 saturated carbocycles. The summed E-state index contributed by atoms with van der Waals surface area (Å²) in [5.41, 5.74) is 8.90. The summed E-state index contributed by atoms with van der Waals surface area (Å²) in [6.07, 6.45) is 0.653. The van der Waals surface area contributed by atoms with Gasteiger partial charge in [-0.3, -0.25) is 4.98 Å². The van der Waals surface area contributed by atoms with Gasteiger partial charge in [-0.1, -0.05) is 18.2 Å². The van der Waals surface area contributed by atoms with Gasteiger partial charge in [0.15, 0.2) is 0 Å². The van der Waals surface area contributed by atoms with E-state index in [0.717, 1.165) is 10.9 Å². The Kier molecular flexibility index (Phi) is 5.68. The highest BCUT2D eigenvalue weighted by Crippen LogP contribution is 2.36. The lowest BCUT2D eigenvalue weighted by Crippen LogP contribution is -2.24. The topological polar surface area (TPSA) is 154 Å². The van der Waals surface area contributed by atoms with Gasteiger partial charge in [-0.25, -0.2) is 9.59 Å². The molecule has 25 heavy (non-hydrogen) atoms. The van der Waals surface area contributed by atoms with E-state index < -0.39 is 24.1 Å². The summed E-state index contributed by atoms with van der Waals surface area (Å²) < 4.78 is 0. The Labute approximate surface area is 142 Å². The quantitative estimate of drug-likeness (QED) is 0.502. The molecule has 0 radical (unpaired) electrons. The predicted molar refractivity (Wildman–Crippen MR) is 89.9 cm³/mol. The van der Waals surface area contributed by atoms with Crippen molar-refractivity contribution in [3.8, 4) is 0 Å². The summed E-state index contributed by atoms with van der Waals surface area (Å²) in [7, 11) is 0. The molecule has 2 atom stereocenters. The molecule has 3 rings (SSSR count). The molecule has 6 N–H and O–H groups in total. The zero-order chi connectivity index (χ0) is 18.6. The number of fused-ring (bicyclic) bond motifs is 2. The van der Waals surface area contributed by atoms with Crippen LogP contribution in [0.25, 0.3) is 10.9 Å². The molecule has 132 valence electrons. The first-order valence-electron chi connectivity index (χ1n) is 7.46. The molecule has 8 nitrogen and oxygen atoms in total. The number of anilines is 1. The summed E-state index contributed by atoms with van der Waals surface area (Å²) in [6.45, 7) is 0. The van der Waals surface area contributed by atoms with Crippen molar-refractivity contribution in [2.75, 3.05) is 5.73 Å². The number of carbonyl (C=O) groups is 2. The Balaban J connectivity index is 0.000000242. The standard InChI is InChI=1S/C13H14N2O2.C4H4O4/c14-13-8-3-1-2-4-9(8)15-10-5-7(16)6-11(17)12(10)13;5-3(6)1-2-4(7)8/h1-4,7,11,16-17H,5-6H2,(H2,14,15);1-2H,(H,5,6)(H,7,8)/b;2-1-. The lowest BCUT2D eigenvalue weighted by Gasteiger charge is -2.26. The molecule has 0 bridgehead atoms. The number of rotatable bonds is 2. The Hall–Kier alpha value is -2.97.